The fourth-order valence-corrected chi connectivity index (χ4v) is 1.98. The summed E-state index contributed by atoms with van der Waals surface area (Å²) in [6, 6.07) is 1.34. The van der Waals surface area contributed by atoms with E-state index in [2.05, 4.69) is 4.18 Å². The monoisotopic (exact) mass is 311 g/mol. The van der Waals surface area contributed by atoms with E-state index in [1.54, 1.807) is 0 Å². The van der Waals surface area contributed by atoms with E-state index in [0.717, 1.165) is 12.3 Å². The number of benzene rings is 1. The zero-order valence-corrected chi connectivity index (χ0v) is 11.3. The molecular formula is C10H11F2NO6S. The van der Waals surface area contributed by atoms with Crippen LogP contribution in [0.1, 0.15) is 6.92 Å². The van der Waals surface area contributed by atoms with Gasteiger partial charge in [-0.1, -0.05) is 0 Å². The Balaban J connectivity index is 2.92. The lowest BCUT2D eigenvalue weighted by Gasteiger charge is -2.13. The molecule has 0 bridgehead atoms. The molecule has 0 saturated heterocycles. The summed E-state index contributed by atoms with van der Waals surface area (Å²) in [7, 11) is -3.75. The number of rotatable bonds is 6. The van der Waals surface area contributed by atoms with Crippen LogP contribution in [0.15, 0.2) is 12.1 Å². The molecule has 0 radical (unpaired) electrons. The SMILES string of the molecule is C[C@@H](COc1c([N+](=O)[O-])ccc(F)c1F)OS(C)(=O)=O. The zero-order chi connectivity index (χ0) is 15.5. The summed E-state index contributed by atoms with van der Waals surface area (Å²) < 4.78 is 57.4. The highest BCUT2D eigenvalue weighted by atomic mass is 32.2. The van der Waals surface area contributed by atoms with Gasteiger partial charge >= 0.3 is 5.69 Å². The average Bonchev–Trinajstić information content (AvgIpc) is 2.28. The molecule has 1 aromatic rings. The molecule has 0 aliphatic heterocycles. The van der Waals surface area contributed by atoms with Crippen LogP contribution in [0.25, 0.3) is 0 Å². The van der Waals surface area contributed by atoms with Gasteiger partial charge in [0, 0.05) is 6.07 Å². The number of halogens is 2. The van der Waals surface area contributed by atoms with Gasteiger partial charge in [0.25, 0.3) is 10.1 Å². The molecule has 0 heterocycles. The van der Waals surface area contributed by atoms with Crippen molar-refractivity contribution in [3.05, 3.63) is 33.9 Å². The lowest BCUT2D eigenvalue weighted by Crippen LogP contribution is -2.22. The van der Waals surface area contributed by atoms with Gasteiger partial charge in [-0.3, -0.25) is 14.3 Å². The molecular weight excluding hydrogens is 300 g/mol. The van der Waals surface area contributed by atoms with Gasteiger partial charge in [-0.15, -0.1) is 0 Å². The number of nitro benzene ring substituents is 1. The van der Waals surface area contributed by atoms with Gasteiger partial charge in [0.1, 0.15) is 12.7 Å². The van der Waals surface area contributed by atoms with Crippen molar-refractivity contribution in [1.29, 1.82) is 0 Å². The highest BCUT2D eigenvalue weighted by Gasteiger charge is 2.24. The molecule has 7 nitrogen and oxygen atoms in total. The van der Waals surface area contributed by atoms with E-state index >= 15 is 0 Å². The molecule has 1 aromatic carbocycles. The molecule has 0 saturated carbocycles. The van der Waals surface area contributed by atoms with Crippen molar-refractivity contribution in [2.24, 2.45) is 0 Å². The van der Waals surface area contributed by atoms with Crippen LogP contribution < -0.4 is 4.74 Å². The minimum Gasteiger partial charge on any atom is -0.482 e. The van der Waals surface area contributed by atoms with Crippen molar-refractivity contribution < 1.29 is 31.0 Å². The Morgan fingerprint density at radius 1 is 1.40 bits per heavy atom. The maximum Gasteiger partial charge on any atom is 0.314 e. The first-order valence-electron chi connectivity index (χ1n) is 5.25. The van der Waals surface area contributed by atoms with Gasteiger partial charge in [0.15, 0.2) is 5.82 Å². The summed E-state index contributed by atoms with van der Waals surface area (Å²) in [5.74, 6) is -3.74. The topological polar surface area (TPSA) is 95.7 Å². The standard InChI is InChI=1S/C10H11F2NO6S/c1-6(19-20(2,16)17)5-18-10-8(13(14)15)4-3-7(11)9(10)12/h3-4,6H,5H2,1-2H3/t6-/m0/s1. The second kappa shape index (κ2) is 6.09. The van der Waals surface area contributed by atoms with E-state index in [1.165, 1.54) is 6.92 Å². The summed E-state index contributed by atoms with van der Waals surface area (Å²) in [6.45, 7) is 0.790. The molecule has 10 heteroatoms. The predicted octanol–water partition coefficient (Wildman–Crippen LogP) is 1.62. The van der Waals surface area contributed by atoms with Gasteiger partial charge < -0.3 is 4.74 Å². The minimum absolute atomic E-state index is 0.506. The summed E-state index contributed by atoms with van der Waals surface area (Å²) in [5.41, 5.74) is -0.768. The Hall–Kier alpha value is -1.81. The van der Waals surface area contributed by atoms with Crippen LogP contribution in [0, 0.1) is 21.7 Å². The van der Waals surface area contributed by atoms with Crippen molar-refractivity contribution in [2.45, 2.75) is 13.0 Å². The maximum atomic E-state index is 13.4. The van der Waals surface area contributed by atoms with Gasteiger partial charge in [-0.05, 0) is 13.0 Å². The van der Waals surface area contributed by atoms with Crippen molar-refractivity contribution in [3.8, 4) is 5.75 Å². The predicted molar refractivity (Wildman–Crippen MR) is 63.9 cm³/mol. The Morgan fingerprint density at radius 3 is 2.50 bits per heavy atom. The molecule has 112 valence electrons. The molecule has 0 N–H and O–H groups in total. The third-order valence-electron chi connectivity index (χ3n) is 2.03. The Labute approximate surface area is 113 Å². The van der Waals surface area contributed by atoms with Gasteiger partial charge in [0.05, 0.1) is 11.2 Å². The van der Waals surface area contributed by atoms with E-state index in [4.69, 9.17) is 4.74 Å². The molecule has 0 fully saturated rings. The largest absolute Gasteiger partial charge is 0.482 e. The summed E-state index contributed by atoms with van der Waals surface area (Å²) in [4.78, 5) is 9.72. The van der Waals surface area contributed by atoms with E-state index in [9.17, 15) is 27.3 Å². The molecule has 0 amide bonds. The number of nitro groups is 1. The third-order valence-corrected chi connectivity index (χ3v) is 2.71. The van der Waals surface area contributed by atoms with Gasteiger partial charge in [-0.2, -0.15) is 12.8 Å². The van der Waals surface area contributed by atoms with E-state index in [1.807, 2.05) is 0 Å². The smallest absolute Gasteiger partial charge is 0.314 e. The third kappa shape index (κ3) is 4.38. The van der Waals surface area contributed by atoms with Crippen LogP contribution in [0.4, 0.5) is 14.5 Å². The van der Waals surface area contributed by atoms with Crippen molar-refractivity contribution in [3.63, 3.8) is 0 Å². The van der Waals surface area contributed by atoms with Gasteiger partial charge in [-0.25, -0.2) is 4.39 Å². The molecule has 20 heavy (non-hydrogen) atoms. The summed E-state index contributed by atoms with van der Waals surface area (Å²) >= 11 is 0. The van der Waals surface area contributed by atoms with Crippen LogP contribution in [-0.4, -0.2) is 32.3 Å². The van der Waals surface area contributed by atoms with Crippen LogP contribution in [-0.2, 0) is 14.3 Å². The molecule has 0 aliphatic rings. The highest BCUT2D eigenvalue weighted by molar-refractivity contribution is 7.86. The molecule has 1 rings (SSSR count). The Kier molecular flexibility index (Phi) is 4.95. The Bertz CT molecular complexity index is 618. The van der Waals surface area contributed by atoms with Crippen molar-refractivity contribution >= 4 is 15.8 Å². The number of nitrogens with zero attached hydrogens (tertiary/aromatic N) is 1. The second-order valence-corrected chi connectivity index (χ2v) is 5.49. The van der Waals surface area contributed by atoms with Crippen LogP contribution in [0.5, 0.6) is 5.75 Å². The molecule has 0 unspecified atom stereocenters. The quantitative estimate of drug-likeness (QED) is 0.450. The number of hydrogen-bond donors (Lipinski definition) is 0. The molecule has 0 aliphatic carbocycles. The normalized spacial score (nSPS) is 13.0. The average molecular weight is 311 g/mol. The first kappa shape index (κ1) is 16.2. The molecule has 0 spiro atoms. The summed E-state index contributed by atoms with van der Waals surface area (Å²) in [5, 5.41) is 10.7. The highest BCUT2D eigenvalue weighted by Crippen LogP contribution is 2.31. The number of hydrogen-bond acceptors (Lipinski definition) is 6. The fourth-order valence-electron chi connectivity index (χ4n) is 1.33. The van der Waals surface area contributed by atoms with E-state index < -0.39 is 50.8 Å². The first-order valence-corrected chi connectivity index (χ1v) is 7.07. The van der Waals surface area contributed by atoms with E-state index in [0.29, 0.717) is 6.07 Å². The second-order valence-electron chi connectivity index (χ2n) is 3.89. The maximum absolute atomic E-state index is 13.4. The Morgan fingerprint density at radius 2 is 2.00 bits per heavy atom. The zero-order valence-electron chi connectivity index (χ0n) is 10.5. The van der Waals surface area contributed by atoms with Gasteiger partial charge in [0.2, 0.25) is 11.6 Å². The minimum atomic E-state index is -3.75. The van der Waals surface area contributed by atoms with Crippen molar-refractivity contribution in [1.82, 2.24) is 0 Å². The summed E-state index contributed by atoms with van der Waals surface area (Å²) in [6.07, 6.45) is -0.221. The first-order chi connectivity index (χ1) is 9.11. The van der Waals surface area contributed by atoms with Crippen LogP contribution >= 0.6 is 0 Å². The molecule has 0 aromatic heterocycles. The number of ether oxygens (including phenoxy) is 1. The lowest BCUT2D eigenvalue weighted by molar-refractivity contribution is -0.386. The van der Waals surface area contributed by atoms with E-state index in [-0.39, 0.29) is 0 Å². The van der Waals surface area contributed by atoms with Crippen LogP contribution in [0.3, 0.4) is 0 Å². The lowest BCUT2D eigenvalue weighted by atomic mass is 10.2. The fraction of sp³-hybridized carbons (Fsp3) is 0.400. The molecule has 1 atom stereocenters. The van der Waals surface area contributed by atoms with Crippen LogP contribution in [0.2, 0.25) is 0 Å². The van der Waals surface area contributed by atoms with Crippen molar-refractivity contribution in [2.75, 3.05) is 12.9 Å².